The van der Waals surface area contributed by atoms with Crippen LogP contribution in [-0.2, 0) is 6.54 Å². The second kappa shape index (κ2) is 4.03. The van der Waals surface area contributed by atoms with Crippen LogP contribution in [0.2, 0.25) is 5.02 Å². The summed E-state index contributed by atoms with van der Waals surface area (Å²) in [5, 5.41) is 4.16. The van der Waals surface area contributed by atoms with Gasteiger partial charge in [0.15, 0.2) is 0 Å². The second-order valence-corrected chi connectivity index (χ2v) is 5.24. The summed E-state index contributed by atoms with van der Waals surface area (Å²) in [4.78, 5) is 0. The maximum Gasteiger partial charge on any atom is 0.0429 e. The van der Waals surface area contributed by atoms with Gasteiger partial charge in [0.25, 0.3) is 0 Å². The molecule has 0 heterocycles. The molecule has 0 aliphatic heterocycles. The second-order valence-electron chi connectivity index (χ2n) is 4.81. The Labute approximate surface area is 95.8 Å². The van der Waals surface area contributed by atoms with Gasteiger partial charge in [-0.2, -0.15) is 0 Å². The van der Waals surface area contributed by atoms with Crippen molar-refractivity contribution < 1.29 is 0 Å². The van der Waals surface area contributed by atoms with Crippen molar-refractivity contribution in [3.63, 3.8) is 0 Å². The first-order valence-corrected chi connectivity index (χ1v) is 5.71. The molecule has 0 radical (unpaired) electrons. The van der Waals surface area contributed by atoms with Crippen LogP contribution < -0.4 is 11.1 Å². The smallest absolute Gasteiger partial charge is 0.0429 e. The number of anilines is 1. The van der Waals surface area contributed by atoms with Crippen molar-refractivity contribution in [3.05, 3.63) is 28.8 Å². The van der Waals surface area contributed by atoms with Gasteiger partial charge in [-0.25, -0.2) is 0 Å². The van der Waals surface area contributed by atoms with Gasteiger partial charge in [0.2, 0.25) is 0 Å². The highest BCUT2D eigenvalue weighted by atomic mass is 35.5. The Hall–Kier alpha value is -0.730. The Morgan fingerprint density at radius 1 is 1.40 bits per heavy atom. The molecule has 1 aromatic rings. The SMILES string of the molecule is CC1(CNCc2cc(N)cc(Cl)c2)CC1. The van der Waals surface area contributed by atoms with E-state index in [9.17, 15) is 0 Å². The molecule has 2 nitrogen and oxygen atoms in total. The highest BCUT2D eigenvalue weighted by Crippen LogP contribution is 2.44. The predicted octanol–water partition coefficient (Wildman–Crippen LogP) is 2.81. The Morgan fingerprint density at radius 2 is 2.13 bits per heavy atom. The van der Waals surface area contributed by atoms with E-state index in [2.05, 4.69) is 12.2 Å². The summed E-state index contributed by atoms with van der Waals surface area (Å²) in [5.41, 5.74) is 8.15. The van der Waals surface area contributed by atoms with Crippen LogP contribution in [0.4, 0.5) is 5.69 Å². The van der Waals surface area contributed by atoms with Gasteiger partial charge in [0.1, 0.15) is 0 Å². The number of hydrogen-bond acceptors (Lipinski definition) is 2. The van der Waals surface area contributed by atoms with Gasteiger partial charge in [-0.05, 0) is 42.0 Å². The molecule has 0 saturated heterocycles. The predicted molar refractivity (Wildman–Crippen MR) is 64.9 cm³/mol. The number of nitrogens with two attached hydrogens (primary N) is 1. The van der Waals surface area contributed by atoms with Crippen LogP contribution in [0.25, 0.3) is 0 Å². The molecule has 15 heavy (non-hydrogen) atoms. The minimum Gasteiger partial charge on any atom is -0.399 e. The fourth-order valence-electron chi connectivity index (χ4n) is 1.68. The van der Waals surface area contributed by atoms with Crippen molar-refractivity contribution in [2.75, 3.05) is 12.3 Å². The summed E-state index contributed by atoms with van der Waals surface area (Å²) in [7, 11) is 0. The molecule has 0 spiro atoms. The first kappa shape index (κ1) is 10.8. The standard InChI is InChI=1S/C12H17ClN2/c1-12(2-3-12)8-15-7-9-4-10(13)6-11(14)5-9/h4-6,15H,2-3,7-8,14H2,1H3. The minimum atomic E-state index is 0.546. The summed E-state index contributed by atoms with van der Waals surface area (Å²) >= 11 is 5.92. The zero-order valence-corrected chi connectivity index (χ0v) is 9.77. The summed E-state index contributed by atoms with van der Waals surface area (Å²) in [6, 6.07) is 5.70. The summed E-state index contributed by atoms with van der Waals surface area (Å²) in [6.07, 6.45) is 2.69. The van der Waals surface area contributed by atoms with Crippen molar-refractivity contribution in [1.82, 2.24) is 5.32 Å². The van der Waals surface area contributed by atoms with E-state index in [0.717, 1.165) is 24.3 Å². The Kier molecular flexibility index (Phi) is 2.89. The van der Waals surface area contributed by atoms with Crippen molar-refractivity contribution in [2.45, 2.75) is 26.3 Å². The molecule has 0 amide bonds. The molecule has 1 aliphatic carbocycles. The van der Waals surface area contributed by atoms with Crippen LogP contribution in [0.15, 0.2) is 18.2 Å². The topological polar surface area (TPSA) is 38.0 Å². The molecule has 1 aliphatic rings. The molecule has 0 bridgehead atoms. The van der Waals surface area contributed by atoms with Gasteiger partial charge in [-0.1, -0.05) is 18.5 Å². The Balaban J connectivity index is 1.87. The summed E-state index contributed by atoms with van der Waals surface area (Å²) < 4.78 is 0. The zero-order valence-electron chi connectivity index (χ0n) is 9.02. The fraction of sp³-hybridized carbons (Fsp3) is 0.500. The van der Waals surface area contributed by atoms with E-state index >= 15 is 0 Å². The van der Waals surface area contributed by atoms with E-state index < -0.39 is 0 Å². The highest BCUT2D eigenvalue weighted by Gasteiger charge is 2.36. The van der Waals surface area contributed by atoms with E-state index in [-0.39, 0.29) is 0 Å². The third kappa shape index (κ3) is 3.11. The lowest BCUT2D eigenvalue weighted by atomic mass is 10.1. The first-order chi connectivity index (χ1) is 7.07. The molecular formula is C12H17ClN2. The van der Waals surface area contributed by atoms with Crippen molar-refractivity contribution in [2.24, 2.45) is 5.41 Å². The molecule has 1 aromatic carbocycles. The molecule has 1 fully saturated rings. The van der Waals surface area contributed by atoms with Gasteiger partial charge in [0.05, 0.1) is 0 Å². The van der Waals surface area contributed by atoms with Crippen molar-refractivity contribution in [1.29, 1.82) is 0 Å². The Morgan fingerprint density at radius 3 is 2.73 bits per heavy atom. The van der Waals surface area contributed by atoms with Crippen LogP contribution in [0.3, 0.4) is 0 Å². The molecule has 0 unspecified atom stereocenters. The van der Waals surface area contributed by atoms with Crippen LogP contribution in [-0.4, -0.2) is 6.54 Å². The quantitative estimate of drug-likeness (QED) is 0.772. The molecule has 82 valence electrons. The monoisotopic (exact) mass is 224 g/mol. The maximum absolute atomic E-state index is 5.92. The van der Waals surface area contributed by atoms with Crippen LogP contribution in [0.5, 0.6) is 0 Å². The number of hydrogen-bond donors (Lipinski definition) is 2. The number of halogens is 1. The molecule has 1 saturated carbocycles. The number of rotatable bonds is 4. The number of benzene rings is 1. The zero-order chi connectivity index (χ0) is 10.9. The average Bonchev–Trinajstić information content (AvgIpc) is 2.82. The molecular weight excluding hydrogens is 208 g/mol. The minimum absolute atomic E-state index is 0.546. The van der Waals surface area contributed by atoms with Crippen molar-refractivity contribution >= 4 is 17.3 Å². The summed E-state index contributed by atoms with van der Waals surface area (Å²) in [5.74, 6) is 0. The number of nitrogens with one attached hydrogen (secondary N) is 1. The van der Waals surface area contributed by atoms with Crippen LogP contribution in [0, 0.1) is 5.41 Å². The average molecular weight is 225 g/mol. The summed E-state index contributed by atoms with van der Waals surface area (Å²) in [6.45, 7) is 4.24. The highest BCUT2D eigenvalue weighted by molar-refractivity contribution is 6.30. The maximum atomic E-state index is 5.92. The molecule has 2 rings (SSSR count). The van der Waals surface area contributed by atoms with Gasteiger partial charge in [0, 0.05) is 23.8 Å². The lowest BCUT2D eigenvalue weighted by Crippen LogP contribution is -2.21. The first-order valence-electron chi connectivity index (χ1n) is 5.33. The largest absolute Gasteiger partial charge is 0.399 e. The van der Waals surface area contributed by atoms with Crippen LogP contribution in [0.1, 0.15) is 25.3 Å². The third-order valence-electron chi connectivity index (χ3n) is 2.96. The fourth-order valence-corrected chi connectivity index (χ4v) is 1.94. The molecule has 3 N–H and O–H groups in total. The Bertz CT molecular complexity index is 338. The van der Waals surface area contributed by atoms with Gasteiger partial charge in [-0.15, -0.1) is 0 Å². The van der Waals surface area contributed by atoms with Crippen LogP contribution >= 0.6 is 11.6 Å². The van der Waals surface area contributed by atoms with Gasteiger partial charge in [-0.3, -0.25) is 0 Å². The third-order valence-corrected chi connectivity index (χ3v) is 3.18. The van der Waals surface area contributed by atoms with E-state index in [1.54, 1.807) is 6.07 Å². The number of nitrogen functional groups attached to an aromatic ring is 1. The molecule has 3 heteroatoms. The normalized spacial score (nSPS) is 17.7. The van der Waals surface area contributed by atoms with Gasteiger partial charge >= 0.3 is 0 Å². The molecule has 0 atom stereocenters. The van der Waals surface area contributed by atoms with Crippen molar-refractivity contribution in [3.8, 4) is 0 Å². The van der Waals surface area contributed by atoms with E-state index in [0.29, 0.717) is 10.4 Å². The lowest BCUT2D eigenvalue weighted by Gasteiger charge is -2.10. The van der Waals surface area contributed by atoms with Gasteiger partial charge < -0.3 is 11.1 Å². The molecule has 0 aromatic heterocycles. The van der Waals surface area contributed by atoms with E-state index in [1.165, 1.54) is 12.8 Å². The van der Waals surface area contributed by atoms with E-state index in [4.69, 9.17) is 17.3 Å². The van der Waals surface area contributed by atoms with E-state index in [1.807, 2.05) is 12.1 Å². The lowest BCUT2D eigenvalue weighted by molar-refractivity contribution is 0.499.